The van der Waals surface area contributed by atoms with Crippen molar-refractivity contribution in [3.8, 4) is 5.75 Å². The van der Waals surface area contributed by atoms with Gasteiger partial charge in [-0.25, -0.2) is 0 Å². The van der Waals surface area contributed by atoms with Crippen LogP contribution >= 0.6 is 0 Å². The van der Waals surface area contributed by atoms with Gasteiger partial charge in [-0.2, -0.15) is 0 Å². The molecule has 0 aliphatic carbocycles. The fourth-order valence-electron chi connectivity index (χ4n) is 3.79. The van der Waals surface area contributed by atoms with E-state index in [1.54, 1.807) is 21.1 Å². The predicted molar refractivity (Wildman–Crippen MR) is 134 cm³/mol. The summed E-state index contributed by atoms with van der Waals surface area (Å²) in [5.41, 5.74) is 1.83. The van der Waals surface area contributed by atoms with Gasteiger partial charge in [0.05, 0.1) is 44.5 Å². The van der Waals surface area contributed by atoms with E-state index in [0.717, 1.165) is 16.9 Å². The highest BCUT2D eigenvalue weighted by Crippen LogP contribution is 2.24. The van der Waals surface area contributed by atoms with Crippen LogP contribution in [0.25, 0.3) is 0 Å². The van der Waals surface area contributed by atoms with Gasteiger partial charge in [0.25, 0.3) is 0 Å². The van der Waals surface area contributed by atoms with E-state index in [2.05, 4.69) is 0 Å². The minimum absolute atomic E-state index is 0.0976. The van der Waals surface area contributed by atoms with Crippen LogP contribution in [-0.4, -0.2) is 53.9 Å². The first-order valence-corrected chi connectivity index (χ1v) is 11.8. The molecule has 0 aliphatic heterocycles. The van der Waals surface area contributed by atoms with Gasteiger partial charge in [-0.1, -0.05) is 68.5 Å². The molecule has 0 radical (unpaired) electrons. The first-order valence-electron chi connectivity index (χ1n) is 11.8. The van der Waals surface area contributed by atoms with Gasteiger partial charge in [0.2, 0.25) is 5.91 Å². The van der Waals surface area contributed by atoms with Crippen LogP contribution < -0.4 is 4.74 Å². The number of ether oxygens (including phenoxy) is 2. The molecule has 2 N–H and O–H groups in total. The third kappa shape index (κ3) is 7.97. The fraction of sp³-hybridized carbons (Fsp3) is 0.464. The summed E-state index contributed by atoms with van der Waals surface area (Å²) < 4.78 is 10.8. The number of aliphatic hydroxyl groups is 2. The lowest BCUT2D eigenvalue weighted by Gasteiger charge is -2.33. The van der Waals surface area contributed by atoms with Crippen LogP contribution in [0.2, 0.25) is 0 Å². The van der Waals surface area contributed by atoms with Gasteiger partial charge < -0.3 is 24.6 Å². The van der Waals surface area contributed by atoms with Crippen molar-refractivity contribution < 1.29 is 24.5 Å². The average molecular weight is 470 g/mol. The van der Waals surface area contributed by atoms with Crippen LogP contribution in [0.5, 0.6) is 5.75 Å². The zero-order chi connectivity index (χ0) is 25.1. The summed E-state index contributed by atoms with van der Waals surface area (Å²) in [4.78, 5) is 14.5. The SMILES string of the molecule is COc1ccc(COC/C=C\C[C@@H](C)[C@@H](O)[C@H](C)C(=O)N(C)[C@@H](C)[C@@H](O)c2ccccc2)cc1. The van der Waals surface area contributed by atoms with E-state index in [9.17, 15) is 15.0 Å². The number of likely N-dealkylation sites (N-methyl/N-ethyl adjacent to an activating group) is 1. The molecule has 0 aliphatic rings. The first kappa shape index (κ1) is 27.6. The van der Waals surface area contributed by atoms with Crippen molar-refractivity contribution >= 4 is 5.91 Å². The molecule has 0 saturated carbocycles. The largest absolute Gasteiger partial charge is 0.497 e. The standard InChI is InChI=1S/C28H39NO5/c1-20(11-9-10-18-34-19-23-14-16-25(33-5)17-15-23)26(30)21(2)28(32)29(4)22(3)27(31)24-12-7-6-8-13-24/h6-10,12-17,20-22,26-27,30-31H,11,18-19H2,1-5H3/b10-9-/t20-,21+,22+,26-,27-/m1/s1. The summed E-state index contributed by atoms with van der Waals surface area (Å²) in [5, 5.41) is 21.4. The Morgan fingerprint density at radius 1 is 1.00 bits per heavy atom. The van der Waals surface area contributed by atoms with Gasteiger partial charge in [0.1, 0.15) is 5.75 Å². The summed E-state index contributed by atoms with van der Waals surface area (Å²) >= 11 is 0. The molecule has 0 heterocycles. The normalized spacial score (nSPS) is 16.0. The van der Waals surface area contributed by atoms with Gasteiger partial charge in [0.15, 0.2) is 0 Å². The van der Waals surface area contributed by atoms with Gasteiger partial charge in [-0.3, -0.25) is 4.79 Å². The maximum absolute atomic E-state index is 13.0. The van der Waals surface area contributed by atoms with Crippen molar-refractivity contribution in [1.29, 1.82) is 0 Å². The van der Waals surface area contributed by atoms with Crippen LogP contribution in [0.4, 0.5) is 0 Å². The van der Waals surface area contributed by atoms with E-state index >= 15 is 0 Å². The minimum Gasteiger partial charge on any atom is -0.497 e. The Kier molecular flexibility index (Phi) is 11.3. The second-order valence-electron chi connectivity index (χ2n) is 8.87. The molecule has 6 heteroatoms. The maximum atomic E-state index is 13.0. The smallest absolute Gasteiger partial charge is 0.228 e. The molecule has 0 bridgehead atoms. The number of allylic oxidation sites excluding steroid dienone is 1. The van der Waals surface area contributed by atoms with Crippen molar-refractivity contribution in [3.63, 3.8) is 0 Å². The molecule has 0 fully saturated rings. The highest BCUT2D eigenvalue weighted by Gasteiger charge is 2.32. The molecule has 34 heavy (non-hydrogen) atoms. The number of hydrogen-bond acceptors (Lipinski definition) is 5. The number of carbonyl (C=O) groups excluding carboxylic acids is 1. The van der Waals surface area contributed by atoms with Crippen molar-refractivity contribution in [3.05, 3.63) is 77.9 Å². The summed E-state index contributed by atoms with van der Waals surface area (Å²) in [5.74, 6) is -0.0461. The van der Waals surface area contributed by atoms with Gasteiger partial charge >= 0.3 is 0 Å². The van der Waals surface area contributed by atoms with Crippen molar-refractivity contribution in [1.82, 2.24) is 4.90 Å². The Morgan fingerprint density at radius 3 is 2.26 bits per heavy atom. The number of hydrogen-bond donors (Lipinski definition) is 2. The summed E-state index contributed by atoms with van der Waals surface area (Å²) in [6.07, 6.45) is 2.96. The summed E-state index contributed by atoms with van der Waals surface area (Å²) in [7, 11) is 3.31. The molecular weight excluding hydrogens is 430 g/mol. The van der Waals surface area contributed by atoms with E-state index in [0.29, 0.717) is 19.6 Å². The van der Waals surface area contributed by atoms with E-state index in [-0.39, 0.29) is 11.8 Å². The molecule has 5 atom stereocenters. The van der Waals surface area contributed by atoms with Crippen LogP contribution in [-0.2, 0) is 16.1 Å². The molecule has 0 unspecified atom stereocenters. The molecule has 2 aromatic carbocycles. The summed E-state index contributed by atoms with van der Waals surface area (Å²) in [6, 6.07) is 16.6. The van der Waals surface area contributed by atoms with Crippen LogP contribution in [0, 0.1) is 11.8 Å². The molecule has 0 saturated heterocycles. The Hall–Kier alpha value is -2.67. The minimum atomic E-state index is -0.794. The lowest BCUT2D eigenvalue weighted by atomic mass is 9.89. The van der Waals surface area contributed by atoms with Crippen molar-refractivity contribution in [2.45, 2.75) is 52.0 Å². The van der Waals surface area contributed by atoms with Crippen molar-refractivity contribution in [2.75, 3.05) is 20.8 Å². The summed E-state index contributed by atoms with van der Waals surface area (Å²) in [6.45, 7) is 6.47. The van der Waals surface area contributed by atoms with Crippen molar-refractivity contribution in [2.24, 2.45) is 11.8 Å². The lowest BCUT2D eigenvalue weighted by Crippen LogP contribution is -2.45. The van der Waals surface area contributed by atoms with E-state index < -0.39 is 24.2 Å². The molecule has 1 amide bonds. The zero-order valence-corrected chi connectivity index (χ0v) is 20.9. The number of nitrogens with zero attached hydrogens (tertiary/aromatic N) is 1. The Bertz CT molecular complexity index is 883. The fourth-order valence-corrected chi connectivity index (χ4v) is 3.79. The molecule has 186 valence electrons. The monoisotopic (exact) mass is 469 g/mol. The van der Waals surface area contributed by atoms with Crippen LogP contribution in [0.3, 0.4) is 0 Å². The molecule has 2 aromatic rings. The Labute approximate surface area is 203 Å². The third-order valence-corrected chi connectivity index (χ3v) is 6.36. The highest BCUT2D eigenvalue weighted by atomic mass is 16.5. The van der Waals surface area contributed by atoms with E-state index in [1.165, 1.54) is 4.90 Å². The maximum Gasteiger partial charge on any atom is 0.228 e. The van der Waals surface area contributed by atoms with E-state index in [1.807, 2.05) is 80.6 Å². The number of carbonyl (C=O) groups is 1. The molecule has 0 spiro atoms. The second-order valence-corrected chi connectivity index (χ2v) is 8.87. The number of aliphatic hydroxyl groups excluding tert-OH is 2. The average Bonchev–Trinajstić information content (AvgIpc) is 2.88. The number of benzene rings is 2. The van der Waals surface area contributed by atoms with Gasteiger partial charge in [-0.05, 0) is 42.5 Å². The lowest BCUT2D eigenvalue weighted by molar-refractivity contribution is -0.142. The number of rotatable bonds is 13. The Balaban J connectivity index is 1.77. The first-order chi connectivity index (χ1) is 16.3. The second kappa shape index (κ2) is 13.9. The zero-order valence-electron chi connectivity index (χ0n) is 20.9. The quantitative estimate of drug-likeness (QED) is 0.336. The molecule has 6 nitrogen and oxygen atoms in total. The Morgan fingerprint density at radius 2 is 1.65 bits per heavy atom. The van der Waals surface area contributed by atoms with Gasteiger partial charge in [0, 0.05) is 7.05 Å². The van der Waals surface area contributed by atoms with Crippen LogP contribution in [0.15, 0.2) is 66.7 Å². The van der Waals surface area contributed by atoms with Gasteiger partial charge in [-0.15, -0.1) is 0 Å². The topological polar surface area (TPSA) is 79.2 Å². The molecule has 2 rings (SSSR count). The molecular formula is C28H39NO5. The highest BCUT2D eigenvalue weighted by molar-refractivity contribution is 5.79. The number of methoxy groups -OCH3 is 1. The third-order valence-electron chi connectivity index (χ3n) is 6.36. The predicted octanol–water partition coefficient (Wildman–Crippen LogP) is 4.37. The van der Waals surface area contributed by atoms with Crippen LogP contribution in [0.1, 0.15) is 44.4 Å². The van der Waals surface area contributed by atoms with E-state index in [4.69, 9.17) is 9.47 Å². The number of amides is 1. The molecule has 0 aromatic heterocycles.